The highest BCUT2D eigenvalue weighted by molar-refractivity contribution is 5.74. The number of carbonyl (C=O) groups excluding carboxylic acids is 2. The van der Waals surface area contributed by atoms with Crippen molar-refractivity contribution in [2.45, 2.75) is 26.7 Å². The first-order valence-electron chi connectivity index (χ1n) is 4.93. The lowest BCUT2D eigenvalue weighted by molar-refractivity contribution is -0.118. The molecule has 0 aliphatic rings. The van der Waals surface area contributed by atoms with Crippen LogP contribution in [0.2, 0.25) is 0 Å². The molecule has 0 bridgehead atoms. The summed E-state index contributed by atoms with van der Waals surface area (Å²) in [6.45, 7) is 5.13. The van der Waals surface area contributed by atoms with Gasteiger partial charge in [-0.1, -0.05) is 13.3 Å². The average Bonchev–Trinajstić information content (AvgIpc) is 2.13. The molecular weight excluding hydrogens is 182 g/mol. The Morgan fingerprint density at radius 3 is 2.14 bits per heavy atom. The Morgan fingerprint density at radius 2 is 1.57 bits per heavy atom. The van der Waals surface area contributed by atoms with Gasteiger partial charge in [0.25, 0.3) is 0 Å². The largest absolute Gasteiger partial charge is 0.355 e. The molecule has 0 heterocycles. The second kappa shape index (κ2) is 8.34. The maximum atomic E-state index is 11.0. The van der Waals surface area contributed by atoms with Crippen LogP contribution in [0.15, 0.2) is 0 Å². The summed E-state index contributed by atoms with van der Waals surface area (Å²) in [4.78, 5) is 21.5. The first kappa shape index (κ1) is 12.7. The van der Waals surface area contributed by atoms with Crippen molar-refractivity contribution in [3.8, 4) is 0 Å². The summed E-state index contributed by atoms with van der Waals surface area (Å²) in [6.07, 6.45) is 2.05. The number of rotatable bonds is 6. The molecule has 0 aliphatic carbocycles. The summed E-state index contributed by atoms with van der Waals surface area (Å²) in [5.41, 5.74) is 0. The Hall–Kier alpha value is -1.26. The van der Waals surface area contributed by atoms with Gasteiger partial charge in [-0.25, -0.2) is 4.79 Å². The number of urea groups is 1. The molecule has 5 nitrogen and oxygen atoms in total. The van der Waals surface area contributed by atoms with E-state index in [0.29, 0.717) is 19.6 Å². The van der Waals surface area contributed by atoms with Gasteiger partial charge < -0.3 is 16.0 Å². The predicted octanol–water partition coefficient (Wildman–Crippen LogP) is 0.222. The normalized spacial score (nSPS) is 9.29. The highest BCUT2D eigenvalue weighted by Crippen LogP contribution is 1.81. The van der Waals surface area contributed by atoms with Crippen molar-refractivity contribution in [2.24, 2.45) is 0 Å². The van der Waals surface area contributed by atoms with Gasteiger partial charge in [-0.15, -0.1) is 0 Å². The van der Waals surface area contributed by atoms with E-state index in [4.69, 9.17) is 0 Å². The minimum Gasteiger partial charge on any atom is -0.355 e. The van der Waals surface area contributed by atoms with E-state index >= 15 is 0 Å². The van der Waals surface area contributed by atoms with Gasteiger partial charge in [-0.05, 0) is 6.42 Å². The first-order valence-corrected chi connectivity index (χ1v) is 4.93. The third-order valence-electron chi connectivity index (χ3n) is 1.60. The van der Waals surface area contributed by atoms with Crippen LogP contribution in [0.4, 0.5) is 4.79 Å². The lowest BCUT2D eigenvalue weighted by atomic mass is 10.3. The van der Waals surface area contributed by atoms with Crippen LogP contribution in [-0.2, 0) is 4.79 Å². The van der Waals surface area contributed by atoms with Crippen molar-refractivity contribution >= 4 is 11.9 Å². The molecular formula is C9H19N3O2. The zero-order valence-corrected chi connectivity index (χ0v) is 8.85. The number of nitrogens with one attached hydrogen (secondary N) is 3. The number of hydrogen-bond donors (Lipinski definition) is 3. The topological polar surface area (TPSA) is 70.2 Å². The predicted molar refractivity (Wildman–Crippen MR) is 55.0 cm³/mol. The summed E-state index contributed by atoms with van der Waals surface area (Å²) >= 11 is 0. The van der Waals surface area contributed by atoms with Crippen molar-refractivity contribution in [1.29, 1.82) is 0 Å². The second-order valence-corrected chi connectivity index (χ2v) is 3.02. The fourth-order valence-electron chi connectivity index (χ4n) is 0.856. The minimum absolute atomic E-state index is 0.0850. The molecule has 0 rings (SSSR count). The van der Waals surface area contributed by atoms with Crippen molar-refractivity contribution in [3.05, 3.63) is 0 Å². The summed E-state index contributed by atoms with van der Waals surface area (Å²) in [6, 6.07) is -0.177. The molecule has 0 aliphatic heterocycles. The molecule has 0 atom stereocenters. The molecule has 0 aromatic heterocycles. The fraction of sp³-hybridized carbons (Fsp3) is 0.778. The molecule has 14 heavy (non-hydrogen) atoms. The Bertz CT molecular complexity index is 183. The Labute approximate surface area is 84.6 Å². The third-order valence-corrected chi connectivity index (χ3v) is 1.60. The summed E-state index contributed by atoms with van der Waals surface area (Å²) < 4.78 is 0. The number of unbranched alkanes of at least 4 members (excludes halogenated alkanes) is 1. The molecule has 3 amide bonds. The summed E-state index contributed by atoms with van der Waals surface area (Å²) in [5.74, 6) is -0.0850. The maximum absolute atomic E-state index is 11.0. The van der Waals surface area contributed by atoms with E-state index in [1.165, 1.54) is 6.92 Å². The van der Waals surface area contributed by atoms with E-state index < -0.39 is 0 Å². The molecule has 0 saturated heterocycles. The van der Waals surface area contributed by atoms with Crippen LogP contribution in [0.5, 0.6) is 0 Å². The van der Waals surface area contributed by atoms with Gasteiger partial charge in [0.15, 0.2) is 0 Å². The monoisotopic (exact) mass is 201 g/mol. The minimum atomic E-state index is -0.177. The Balaban J connectivity index is 3.22. The van der Waals surface area contributed by atoms with Gasteiger partial charge in [0.2, 0.25) is 5.91 Å². The van der Waals surface area contributed by atoms with E-state index in [0.717, 1.165) is 12.8 Å². The van der Waals surface area contributed by atoms with Crippen LogP contribution in [0.3, 0.4) is 0 Å². The van der Waals surface area contributed by atoms with E-state index in [1.54, 1.807) is 0 Å². The summed E-state index contributed by atoms with van der Waals surface area (Å²) in [5, 5.41) is 7.93. The SMILES string of the molecule is CCCCNC(=O)NCCNC(C)=O. The van der Waals surface area contributed by atoms with Gasteiger partial charge in [0, 0.05) is 26.6 Å². The fourth-order valence-corrected chi connectivity index (χ4v) is 0.856. The van der Waals surface area contributed by atoms with Crippen molar-refractivity contribution in [1.82, 2.24) is 16.0 Å². The molecule has 0 spiro atoms. The van der Waals surface area contributed by atoms with Crippen molar-refractivity contribution < 1.29 is 9.59 Å². The zero-order chi connectivity index (χ0) is 10.8. The third kappa shape index (κ3) is 8.83. The molecule has 0 aromatic rings. The molecule has 5 heteroatoms. The molecule has 3 N–H and O–H groups in total. The van der Waals surface area contributed by atoms with E-state index in [9.17, 15) is 9.59 Å². The molecule has 0 saturated carbocycles. The van der Waals surface area contributed by atoms with Crippen LogP contribution in [0.1, 0.15) is 26.7 Å². The van der Waals surface area contributed by atoms with Crippen molar-refractivity contribution in [2.75, 3.05) is 19.6 Å². The number of carbonyl (C=O) groups is 2. The van der Waals surface area contributed by atoms with Crippen LogP contribution < -0.4 is 16.0 Å². The quantitative estimate of drug-likeness (QED) is 0.538. The average molecular weight is 201 g/mol. The molecule has 0 unspecified atom stereocenters. The number of amides is 3. The number of hydrogen-bond acceptors (Lipinski definition) is 2. The molecule has 0 fully saturated rings. The lowest BCUT2D eigenvalue weighted by Gasteiger charge is -2.06. The van der Waals surface area contributed by atoms with Gasteiger partial charge in [-0.2, -0.15) is 0 Å². The van der Waals surface area contributed by atoms with E-state index in [1.807, 2.05) is 0 Å². The zero-order valence-electron chi connectivity index (χ0n) is 8.85. The van der Waals surface area contributed by atoms with Gasteiger partial charge in [0.1, 0.15) is 0 Å². The Morgan fingerprint density at radius 1 is 1.00 bits per heavy atom. The molecule has 82 valence electrons. The summed E-state index contributed by atoms with van der Waals surface area (Å²) in [7, 11) is 0. The highest BCUT2D eigenvalue weighted by atomic mass is 16.2. The smallest absolute Gasteiger partial charge is 0.314 e. The Kier molecular flexibility index (Phi) is 7.59. The van der Waals surface area contributed by atoms with Gasteiger partial charge in [0.05, 0.1) is 0 Å². The van der Waals surface area contributed by atoms with Crippen molar-refractivity contribution in [3.63, 3.8) is 0 Å². The molecule has 0 aromatic carbocycles. The molecule has 0 radical (unpaired) electrons. The lowest BCUT2D eigenvalue weighted by Crippen LogP contribution is -2.40. The van der Waals surface area contributed by atoms with Crippen LogP contribution in [-0.4, -0.2) is 31.6 Å². The maximum Gasteiger partial charge on any atom is 0.314 e. The second-order valence-electron chi connectivity index (χ2n) is 3.02. The first-order chi connectivity index (χ1) is 6.66. The van der Waals surface area contributed by atoms with Crippen LogP contribution >= 0.6 is 0 Å². The van der Waals surface area contributed by atoms with Gasteiger partial charge >= 0.3 is 6.03 Å². The van der Waals surface area contributed by atoms with Crippen LogP contribution in [0, 0.1) is 0 Å². The van der Waals surface area contributed by atoms with E-state index in [-0.39, 0.29) is 11.9 Å². The standard InChI is InChI=1S/C9H19N3O2/c1-3-4-5-11-9(14)12-7-6-10-8(2)13/h3-7H2,1-2H3,(H,10,13)(H2,11,12,14). The van der Waals surface area contributed by atoms with Crippen LogP contribution in [0.25, 0.3) is 0 Å². The van der Waals surface area contributed by atoms with Gasteiger partial charge in [-0.3, -0.25) is 4.79 Å². The highest BCUT2D eigenvalue weighted by Gasteiger charge is 1.97. The van der Waals surface area contributed by atoms with E-state index in [2.05, 4.69) is 22.9 Å².